The summed E-state index contributed by atoms with van der Waals surface area (Å²) in [4.78, 5) is 10.4. The molecule has 0 spiro atoms. The molecule has 1 unspecified atom stereocenters. The molecule has 0 aromatic heterocycles. The van der Waals surface area contributed by atoms with Crippen molar-refractivity contribution in [1.82, 2.24) is 0 Å². The normalized spacial score (nSPS) is 13.4. The summed E-state index contributed by atoms with van der Waals surface area (Å²) in [5.74, 6) is -0.737. The highest BCUT2D eigenvalue weighted by Gasteiger charge is 2.15. The fourth-order valence-electron chi connectivity index (χ4n) is 2.61. The Morgan fingerprint density at radius 3 is 2.28 bits per heavy atom. The van der Waals surface area contributed by atoms with E-state index in [0.29, 0.717) is 12.8 Å². The van der Waals surface area contributed by atoms with Crippen molar-refractivity contribution in [3.63, 3.8) is 0 Å². The minimum Gasteiger partial charge on any atom is -0.481 e. The summed E-state index contributed by atoms with van der Waals surface area (Å²) in [5, 5.41) is 8.54. The highest BCUT2D eigenvalue weighted by Crippen LogP contribution is 2.14. The van der Waals surface area contributed by atoms with Crippen molar-refractivity contribution in [2.75, 3.05) is 0 Å². The van der Waals surface area contributed by atoms with Gasteiger partial charge in [-0.3, -0.25) is 9.35 Å². The van der Waals surface area contributed by atoms with Crippen LogP contribution in [0, 0.1) is 0 Å². The molecular formula is C18H34O6S. The molecule has 25 heavy (non-hydrogen) atoms. The fourth-order valence-corrected chi connectivity index (χ4v) is 3.13. The predicted molar refractivity (Wildman–Crippen MR) is 98.9 cm³/mol. The minimum atomic E-state index is -4.41. The van der Waals surface area contributed by atoms with E-state index in [2.05, 4.69) is 6.92 Å². The molecule has 148 valence electrons. The Morgan fingerprint density at radius 2 is 1.64 bits per heavy atom. The second-order valence-corrected chi connectivity index (χ2v) is 7.45. The Hall–Kier alpha value is -0.920. The summed E-state index contributed by atoms with van der Waals surface area (Å²) in [5.41, 5.74) is 0. The van der Waals surface area contributed by atoms with Crippen molar-refractivity contribution in [2.24, 2.45) is 0 Å². The van der Waals surface area contributed by atoms with Crippen molar-refractivity contribution >= 4 is 16.4 Å². The van der Waals surface area contributed by atoms with Gasteiger partial charge in [0.25, 0.3) is 0 Å². The minimum absolute atomic E-state index is 0.243. The van der Waals surface area contributed by atoms with Crippen molar-refractivity contribution in [2.45, 2.75) is 96.5 Å². The van der Waals surface area contributed by atoms with E-state index >= 15 is 0 Å². The summed E-state index contributed by atoms with van der Waals surface area (Å²) in [7, 11) is -4.41. The van der Waals surface area contributed by atoms with Crippen molar-refractivity contribution < 1.29 is 27.1 Å². The Morgan fingerprint density at radius 1 is 1.00 bits per heavy atom. The Kier molecular flexibility index (Phi) is 14.8. The largest absolute Gasteiger partial charge is 0.481 e. The maximum absolute atomic E-state index is 10.9. The van der Waals surface area contributed by atoms with Crippen LogP contribution in [-0.4, -0.2) is 30.2 Å². The number of carboxylic acids is 1. The van der Waals surface area contributed by atoms with Crippen molar-refractivity contribution in [1.29, 1.82) is 0 Å². The van der Waals surface area contributed by atoms with Crippen LogP contribution < -0.4 is 0 Å². The van der Waals surface area contributed by atoms with E-state index in [1.165, 1.54) is 0 Å². The number of unbranched alkanes of at least 4 members (excludes halogenated alkanes) is 8. The van der Waals surface area contributed by atoms with Crippen molar-refractivity contribution in [3.05, 3.63) is 12.2 Å². The highest BCUT2D eigenvalue weighted by molar-refractivity contribution is 7.80. The molecular weight excluding hydrogens is 344 g/mol. The number of aliphatic carboxylic acids is 1. The molecule has 0 heterocycles. The lowest BCUT2D eigenvalue weighted by Gasteiger charge is -2.13. The predicted octanol–water partition coefficient (Wildman–Crippen LogP) is 4.91. The first-order valence-electron chi connectivity index (χ1n) is 9.37. The highest BCUT2D eigenvalue weighted by atomic mass is 32.3. The maximum atomic E-state index is 10.9. The maximum Gasteiger partial charge on any atom is 0.397 e. The Bertz CT molecular complexity index is 458. The smallest absolute Gasteiger partial charge is 0.397 e. The number of carbonyl (C=O) groups is 1. The standard InChI is InChI=1S/C18H34O6S/c1-2-3-4-11-14-17(24-25(21,22)23)15-12-9-7-5-6-8-10-13-16-18(19)20/h9,12,17H,2-8,10-11,13-16H2,1H3,(H,19,20)(H,21,22,23). The SMILES string of the molecule is CCCCCCC(CC=CCCCCCCCC(=O)O)OS(=O)(=O)O. The third kappa shape index (κ3) is 19.3. The summed E-state index contributed by atoms with van der Waals surface area (Å²) in [6.45, 7) is 2.11. The lowest BCUT2D eigenvalue weighted by atomic mass is 10.1. The summed E-state index contributed by atoms with van der Waals surface area (Å²) < 4.78 is 35.4. The molecule has 0 saturated carbocycles. The third-order valence-corrected chi connectivity index (χ3v) is 4.48. The molecule has 6 nitrogen and oxygen atoms in total. The van der Waals surface area contributed by atoms with Gasteiger partial charge in [-0.05, 0) is 32.1 Å². The summed E-state index contributed by atoms with van der Waals surface area (Å²) in [6.07, 6.45) is 14.6. The molecule has 0 amide bonds. The molecule has 0 aliphatic rings. The number of allylic oxidation sites excluding steroid dienone is 1. The second kappa shape index (κ2) is 15.3. The topological polar surface area (TPSA) is 101 Å². The summed E-state index contributed by atoms with van der Waals surface area (Å²) >= 11 is 0. The monoisotopic (exact) mass is 378 g/mol. The van der Waals surface area contributed by atoms with Crippen LogP contribution in [0.1, 0.15) is 90.4 Å². The van der Waals surface area contributed by atoms with Crippen LogP contribution in [0.15, 0.2) is 12.2 Å². The van der Waals surface area contributed by atoms with E-state index in [1.54, 1.807) is 0 Å². The van der Waals surface area contributed by atoms with E-state index in [-0.39, 0.29) is 6.42 Å². The van der Waals surface area contributed by atoms with Crippen LogP contribution in [0.3, 0.4) is 0 Å². The first kappa shape index (κ1) is 24.1. The third-order valence-electron chi connectivity index (χ3n) is 3.96. The number of hydrogen-bond donors (Lipinski definition) is 2. The van der Waals surface area contributed by atoms with E-state index in [0.717, 1.165) is 64.2 Å². The van der Waals surface area contributed by atoms with E-state index in [9.17, 15) is 13.2 Å². The van der Waals surface area contributed by atoms with Gasteiger partial charge in [-0.25, -0.2) is 4.18 Å². The lowest BCUT2D eigenvalue weighted by molar-refractivity contribution is -0.137. The molecule has 0 saturated heterocycles. The zero-order chi connectivity index (χ0) is 19.0. The lowest BCUT2D eigenvalue weighted by Crippen LogP contribution is -2.17. The fraction of sp³-hybridized carbons (Fsp3) is 0.833. The van der Waals surface area contributed by atoms with Gasteiger partial charge < -0.3 is 5.11 Å². The molecule has 2 N–H and O–H groups in total. The van der Waals surface area contributed by atoms with E-state index in [4.69, 9.17) is 13.8 Å². The molecule has 0 aliphatic heterocycles. The Labute approximate surface area is 152 Å². The van der Waals surface area contributed by atoms with Crippen LogP contribution in [0.2, 0.25) is 0 Å². The van der Waals surface area contributed by atoms with Gasteiger partial charge >= 0.3 is 16.4 Å². The van der Waals surface area contributed by atoms with Crippen LogP contribution in [0.25, 0.3) is 0 Å². The molecule has 0 rings (SSSR count). The molecule has 7 heteroatoms. The zero-order valence-electron chi connectivity index (χ0n) is 15.4. The van der Waals surface area contributed by atoms with Crippen LogP contribution in [0.4, 0.5) is 0 Å². The van der Waals surface area contributed by atoms with Gasteiger partial charge in [0.15, 0.2) is 0 Å². The van der Waals surface area contributed by atoms with E-state index in [1.807, 2.05) is 12.2 Å². The van der Waals surface area contributed by atoms with Gasteiger partial charge in [0, 0.05) is 6.42 Å². The molecule has 0 bridgehead atoms. The van der Waals surface area contributed by atoms with Crippen LogP contribution in [0.5, 0.6) is 0 Å². The van der Waals surface area contributed by atoms with Gasteiger partial charge in [0.2, 0.25) is 0 Å². The number of carboxylic acid groups (broad SMARTS) is 1. The van der Waals surface area contributed by atoms with E-state index < -0.39 is 22.5 Å². The number of hydrogen-bond acceptors (Lipinski definition) is 4. The average Bonchev–Trinajstić information content (AvgIpc) is 2.51. The van der Waals surface area contributed by atoms with Crippen molar-refractivity contribution in [3.8, 4) is 0 Å². The van der Waals surface area contributed by atoms with Gasteiger partial charge in [0.05, 0.1) is 6.10 Å². The molecule has 0 aliphatic carbocycles. The van der Waals surface area contributed by atoms with Crippen LogP contribution >= 0.6 is 0 Å². The first-order chi connectivity index (χ1) is 11.8. The van der Waals surface area contributed by atoms with Gasteiger partial charge in [-0.2, -0.15) is 8.42 Å². The molecule has 1 atom stereocenters. The summed E-state index contributed by atoms with van der Waals surface area (Å²) in [6, 6.07) is 0. The van der Waals surface area contributed by atoms with Gasteiger partial charge in [0.1, 0.15) is 0 Å². The molecule has 0 radical (unpaired) electrons. The van der Waals surface area contributed by atoms with Gasteiger partial charge in [-0.15, -0.1) is 0 Å². The second-order valence-electron chi connectivity index (χ2n) is 6.40. The molecule has 0 aromatic carbocycles. The quantitative estimate of drug-likeness (QED) is 0.212. The first-order valence-corrected chi connectivity index (χ1v) is 10.7. The van der Waals surface area contributed by atoms with Crippen LogP contribution in [-0.2, 0) is 19.4 Å². The zero-order valence-corrected chi connectivity index (χ0v) is 16.2. The number of rotatable bonds is 17. The molecule has 0 aromatic rings. The van der Waals surface area contributed by atoms with Gasteiger partial charge in [-0.1, -0.05) is 64.0 Å². The molecule has 0 fully saturated rings. The Balaban J connectivity index is 3.86. The average molecular weight is 379 g/mol.